The molecule has 0 spiro atoms. The first-order chi connectivity index (χ1) is 16.6. The molecule has 2 N–H and O–H groups in total. The van der Waals surface area contributed by atoms with Crippen molar-refractivity contribution in [1.29, 1.82) is 0 Å². The van der Waals surface area contributed by atoms with Gasteiger partial charge in [0.25, 0.3) is 17.4 Å². The number of carbonyl (C=O) groups excluding carboxylic acids is 2. The highest BCUT2D eigenvalue weighted by Crippen LogP contribution is 2.20. The zero-order valence-electron chi connectivity index (χ0n) is 19.5. The number of aromatic nitrogens is 2. The van der Waals surface area contributed by atoms with Crippen LogP contribution in [0.4, 0.5) is 0 Å². The van der Waals surface area contributed by atoms with Crippen LogP contribution < -0.4 is 16.4 Å². The molecule has 1 aliphatic rings. The molecule has 1 atom stereocenters. The molecule has 34 heavy (non-hydrogen) atoms. The van der Waals surface area contributed by atoms with E-state index in [1.54, 1.807) is 24.3 Å². The highest BCUT2D eigenvalue weighted by molar-refractivity contribution is 6.05. The molecule has 0 aliphatic carbocycles. The van der Waals surface area contributed by atoms with Gasteiger partial charge in [-0.2, -0.15) is 5.10 Å². The normalized spacial score (nSPS) is 16.0. The van der Waals surface area contributed by atoms with Gasteiger partial charge >= 0.3 is 0 Å². The predicted molar refractivity (Wildman–Crippen MR) is 131 cm³/mol. The van der Waals surface area contributed by atoms with Crippen molar-refractivity contribution in [3.63, 3.8) is 0 Å². The fourth-order valence-electron chi connectivity index (χ4n) is 4.46. The lowest BCUT2D eigenvalue weighted by Crippen LogP contribution is -2.50. The van der Waals surface area contributed by atoms with E-state index in [1.807, 2.05) is 30.3 Å². The van der Waals surface area contributed by atoms with Crippen LogP contribution in [0.3, 0.4) is 0 Å². The van der Waals surface area contributed by atoms with Crippen LogP contribution in [0, 0.1) is 0 Å². The second-order valence-corrected chi connectivity index (χ2v) is 8.69. The van der Waals surface area contributed by atoms with E-state index < -0.39 is 5.91 Å². The molecular weight excluding hydrogens is 430 g/mol. The number of hydrogen-bond acceptors (Lipinski definition) is 5. The number of unbranched alkanes of at least 4 members (excludes halogenated alkanes) is 2. The third-order valence-corrected chi connectivity index (χ3v) is 6.25. The van der Waals surface area contributed by atoms with Crippen molar-refractivity contribution >= 4 is 22.6 Å². The van der Waals surface area contributed by atoms with Gasteiger partial charge in [-0.25, -0.2) is 4.68 Å². The number of carbonyl (C=O) groups is 2. The maximum atomic E-state index is 13.0. The lowest BCUT2D eigenvalue weighted by molar-refractivity contribution is -0.126. The molecule has 1 aliphatic heterocycles. The van der Waals surface area contributed by atoms with Gasteiger partial charge in [0.15, 0.2) is 5.69 Å². The first-order valence-electron chi connectivity index (χ1n) is 12.0. The van der Waals surface area contributed by atoms with E-state index in [0.29, 0.717) is 23.9 Å². The number of nitrogens with zero attached hydrogens (tertiary/aromatic N) is 3. The molecule has 2 heterocycles. The molecule has 0 bridgehead atoms. The third-order valence-electron chi connectivity index (χ3n) is 6.25. The van der Waals surface area contributed by atoms with Gasteiger partial charge < -0.3 is 0 Å². The van der Waals surface area contributed by atoms with E-state index in [-0.39, 0.29) is 23.2 Å². The van der Waals surface area contributed by atoms with Crippen molar-refractivity contribution in [2.75, 3.05) is 6.54 Å². The molecule has 4 rings (SSSR count). The molecule has 8 heteroatoms. The summed E-state index contributed by atoms with van der Waals surface area (Å²) in [7, 11) is 0. The van der Waals surface area contributed by atoms with E-state index in [9.17, 15) is 14.4 Å². The van der Waals surface area contributed by atoms with E-state index >= 15 is 0 Å². The number of nitrogens with one attached hydrogen (secondary N) is 2. The summed E-state index contributed by atoms with van der Waals surface area (Å²) >= 11 is 0. The molecule has 0 radical (unpaired) electrons. The number of likely N-dealkylation sites (tertiary alicyclic amines) is 1. The second-order valence-electron chi connectivity index (χ2n) is 8.69. The standard InChI is InChI=1S/C26H31N5O3/c1-2-3-9-17-31-26(34)21-14-8-7-13-20(21)23(29-31)25(33)28-27-24(32)22-15-10-16-30(22)18-19-11-5-4-6-12-19/h4-8,11-14,22H,2-3,9-10,15-18H2,1H3,(H,27,32)(H,28,33). The molecule has 3 aromatic rings. The molecule has 1 fully saturated rings. The van der Waals surface area contributed by atoms with Gasteiger partial charge in [0.05, 0.1) is 11.4 Å². The van der Waals surface area contributed by atoms with E-state index in [1.165, 1.54) is 4.68 Å². The summed E-state index contributed by atoms with van der Waals surface area (Å²) in [5.41, 5.74) is 6.16. The monoisotopic (exact) mass is 461 g/mol. The minimum absolute atomic E-state index is 0.125. The first kappa shape index (κ1) is 23.6. The molecule has 1 saturated heterocycles. The number of amides is 2. The van der Waals surface area contributed by atoms with Crippen LogP contribution in [0.2, 0.25) is 0 Å². The summed E-state index contributed by atoms with van der Waals surface area (Å²) in [6.07, 6.45) is 4.45. The Labute approximate surface area is 198 Å². The molecule has 8 nitrogen and oxygen atoms in total. The van der Waals surface area contributed by atoms with Crippen molar-refractivity contribution in [2.24, 2.45) is 0 Å². The molecular formula is C26H31N5O3. The average molecular weight is 462 g/mol. The van der Waals surface area contributed by atoms with Crippen LogP contribution in [0.25, 0.3) is 10.8 Å². The van der Waals surface area contributed by atoms with E-state index in [4.69, 9.17) is 0 Å². The Balaban J connectivity index is 1.47. The maximum Gasteiger partial charge on any atom is 0.290 e. The van der Waals surface area contributed by atoms with Crippen molar-refractivity contribution in [2.45, 2.75) is 58.2 Å². The highest BCUT2D eigenvalue weighted by Gasteiger charge is 2.31. The lowest BCUT2D eigenvalue weighted by atomic mass is 10.1. The number of rotatable bonds is 8. The Morgan fingerprint density at radius 3 is 2.50 bits per heavy atom. The minimum Gasteiger partial charge on any atom is -0.288 e. The van der Waals surface area contributed by atoms with Crippen LogP contribution in [0.5, 0.6) is 0 Å². The second kappa shape index (κ2) is 11.1. The zero-order valence-corrected chi connectivity index (χ0v) is 19.5. The summed E-state index contributed by atoms with van der Waals surface area (Å²) in [6.45, 7) is 4.04. The van der Waals surface area contributed by atoms with Crippen LogP contribution >= 0.6 is 0 Å². The molecule has 1 unspecified atom stereocenters. The van der Waals surface area contributed by atoms with Gasteiger partial charge in [0.2, 0.25) is 0 Å². The van der Waals surface area contributed by atoms with Gasteiger partial charge in [-0.1, -0.05) is 68.3 Å². The quantitative estimate of drug-likeness (QED) is 0.397. The Hall–Kier alpha value is -3.52. The molecule has 2 amide bonds. The van der Waals surface area contributed by atoms with Gasteiger partial charge in [0.1, 0.15) is 0 Å². The van der Waals surface area contributed by atoms with Crippen molar-refractivity contribution < 1.29 is 9.59 Å². The molecule has 1 aromatic heterocycles. The van der Waals surface area contributed by atoms with Gasteiger partial charge in [-0.3, -0.25) is 30.1 Å². The minimum atomic E-state index is -0.540. The van der Waals surface area contributed by atoms with E-state index in [2.05, 4.69) is 27.8 Å². The molecule has 2 aromatic carbocycles. The number of hydrazine groups is 1. The van der Waals surface area contributed by atoms with Crippen molar-refractivity contribution in [3.05, 3.63) is 76.2 Å². The largest absolute Gasteiger partial charge is 0.290 e. The van der Waals surface area contributed by atoms with Crippen molar-refractivity contribution in [3.8, 4) is 0 Å². The number of hydrogen-bond donors (Lipinski definition) is 2. The van der Waals surface area contributed by atoms with Crippen LogP contribution in [-0.2, 0) is 17.9 Å². The number of aryl methyl sites for hydroxylation is 1. The molecule has 178 valence electrons. The first-order valence-corrected chi connectivity index (χ1v) is 12.0. The maximum absolute atomic E-state index is 13.0. The lowest BCUT2D eigenvalue weighted by Gasteiger charge is -2.23. The van der Waals surface area contributed by atoms with Crippen LogP contribution in [-0.4, -0.2) is 39.1 Å². The Kier molecular flexibility index (Phi) is 7.69. The Morgan fingerprint density at radius 2 is 1.74 bits per heavy atom. The predicted octanol–water partition coefficient (Wildman–Crippen LogP) is 3.01. The van der Waals surface area contributed by atoms with Crippen LogP contribution in [0.15, 0.2) is 59.4 Å². The van der Waals surface area contributed by atoms with Crippen molar-refractivity contribution in [1.82, 2.24) is 25.5 Å². The average Bonchev–Trinajstić information content (AvgIpc) is 3.32. The van der Waals surface area contributed by atoms with E-state index in [0.717, 1.165) is 44.2 Å². The van der Waals surface area contributed by atoms with Gasteiger partial charge in [-0.05, 0) is 37.4 Å². The summed E-state index contributed by atoms with van der Waals surface area (Å²) in [6, 6.07) is 16.7. The van der Waals surface area contributed by atoms with Crippen LogP contribution in [0.1, 0.15) is 55.1 Å². The topological polar surface area (TPSA) is 96.3 Å². The SMILES string of the molecule is CCCCCn1nc(C(=O)NNC(=O)C2CCCN2Cc2ccccc2)c2ccccc2c1=O. The number of benzene rings is 2. The van der Waals surface area contributed by atoms with Gasteiger partial charge in [0, 0.05) is 18.5 Å². The summed E-state index contributed by atoms with van der Waals surface area (Å²) in [4.78, 5) is 40.9. The summed E-state index contributed by atoms with van der Waals surface area (Å²) < 4.78 is 1.35. The fourth-order valence-corrected chi connectivity index (χ4v) is 4.46. The Morgan fingerprint density at radius 1 is 1.00 bits per heavy atom. The fraction of sp³-hybridized carbons (Fsp3) is 0.385. The highest BCUT2D eigenvalue weighted by atomic mass is 16.2. The van der Waals surface area contributed by atoms with Gasteiger partial charge in [-0.15, -0.1) is 0 Å². The number of fused-ring (bicyclic) bond motifs is 1. The smallest absolute Gasteiger partial charge is 0.288 e. The zero-order chi connectivity index (χ0) is 23.9. The molecule has 0 saturated carbocycles. The third kappa shape index (κ3) is 5.34. The Bertz CT molecular complexity index is 1210. The summed E-state index contributed by atoms with van der Waals surface area (Å²) in [5, 5.41) is 5.26. The summed E-state index contributed by atoms with van der Waals surface area (Å²) in [5.74, 6) is -0.788.